The van der Waals surface area contributed by atoms with Crippen molar-refractivity contribution in [3.63, 3.8) is 0 Å². The molecular formula is C17H11ClF5N5O4. The fourth-order valence-corrected chi connectivity index (χ4v) is 2.90. The zero-order valence-electron chi connectivity index (χ0n) is 15.8. The predicted octanol–water partition coefficient (Wildman–Crippen LogP) is 4.51. The van der Waals surface area contributed by atoms with Crippen molar-refractivity contribution >= 4 is 34.5 Å². The molecule has 3 aromatic rings. The van der Waals surface area contributed by atoms with Gasteiger partial charge in [-0.1, -0.05) is 11.6 Å². The van der Waals surface area contributed by atoms with Crippen LogP contribution in [0.1, 0.15) is 21.9 Å². The van der Waals surface area contributed by atoms with Gasteiger partial charge in [0.05, 0.1) is 16.7 Å². The summed E-state index contributed by atoms with van der Waals surface area (Å²) in [5.74, 6) is -1.46. The summed E-state index contributed by atoms with van der Waals surface area (Å²) in [4.78, 5) is 26.7. The Morgan fingerprint density at radius 1 is 1.31 bits per heavy atom. The van der Waals surface area contributed by atoms with Crippen LogP contribution in [-0.2, 0) is 6.18 Å². The number of halogens is 6. The Balaban J connectivity index is 2.00. The summed E-state index contributed by atoms with van der Waals surface area (Å²) in [5.41, 5.74) is -3.18. The highest BCUT2D eigenvalue weighted by atomic mass is 35.5. The summed E-state index contributed by atoms with van der Waals surface area (Å²) < 4.78 is 69.8. The number of carbonyl (C=O) groups excluding carboxylic acids is 1. The third-order valence-electron chi connectivity index (χ3n) is 3.90. The molecule has 3 rings (SSSR count). The quantitative estimate of drug-likeness (QED) is 0.316. The molecule has 0 saturated heterocycles. The summed E-state index contributed by atoms with van der Waals surface area (Å²) in [6.07, 6.45) is -7.69. The Hall–Kier alpha value is -3.55. The van der Waals surface area contributed by atoms with E-state index < -0.39 is 57.8 Å². The fraction of sp³-hybridized carbons (Fsp3) is 0.235. The van der Waals surface area contributed by atoms with Gasteiger partial charge < -0.3 is 10.1 Å². The zero-order valence-corrected chi connectivity index (χ0v) is 16.5. The molecule has 9 nitrogen and oxygen atoms in total. The molecule has 0 bridgehead atoms. The van der Waals surface area contributed by atoms with Gasteiger partial charge in [-0.05, 0) is 13.0 Å². The lowest BCUT2D eigenvalue weighted by Gasteiger charge is -2.09. The number of nitrogens with zero attached hydrogens (tertiary/aromatic N) is 4. The molecule has 0 spiro atoms. The molecule has 0 radical (unpaired) electrons. The average Bonchev–Trinajstić information content (AvgIpc) is 3.01. The molecule has 0 aliphatic rings. The molecule has 0 atom stereocenters. The maximum atomic E-state index is 13.3. The summed E-state index contributed by atoms with van der Waals surface area (Å²) in [6, 6.07) is 3.48. The van der Waals surface area contributed by atoms with Crippen LogP contribution >= 0.6 is 11.6 Å². The molecule has 0 aliphatic heterocycles. The second-order valence-corrected chi connectivity index (χ2v) is 6.69. The van der Waals surface area contributed by atoms with Gasteiger partial charge in [0.2, 0.25) is 0 Å². The first-order valence-corrected chi connectivity index (χ1v) is 8.89. The highest BCUT2D eigenvalue weighted by molar-refractivity contribution is 6.37. The topological polar surface area (TPSA) is 112 Å². The van der Waals surface area contributed by atoms with Crippen LogP contribution in [0.25, 0.3) is 5.65 Å². The van der Waals surface area contributed by atoms with E-state index in [1.165, 1.54) is 6.92 Å². The van der Waals surface area contributed by atoms with Gasteiger partial charge in [0, 0.05) is 17.8 Å². The number of non-ortho nitro benzene ring substituents is 1. The number of fused-ring (bicyclic) bond motifs is 1. The van der Waals surface area contributed by atoms with E-state index in [-0.39, 0.29) is 17.1 Å². The van der Waals surface area contributed by atoms with E-state index in [1.54, 1.807) is 0 Å². The van der Waals surface area contributed by atoms with Crippen LogP contribution in [0.4, 0.5) is 33.3 Å². The molecule has 1 N–H and O–H groups in total. The molecule has 170 valence electrons. The van der Waals surface area contributed by atoms with E-state index in [0.717, 1.165) is 18.2 Å². The van der Waals surface area contributed by atoms with E-state index in [4.69, 9.17) is 16.3 Å². The van der Waals surface area contributed by atoms with E-state index in [0.29, 0.717) is 10.6 Å². The molecular weight excluding hydrogens is 469 g/mol. The monoisotopic (exact) mass is 479 g/mol. The van der Waals surface area contributed by atoms with Crippen LogP contribution in [0, 0.1) is 17.0 Å². The molecule has 1 amide bonds. The lowest BCUT2D eigenvalue weighted by molar-refractivity contribution is -0.384. The molecule has 0 unspecified atom stereocenters. The maximum Gasteiger partial charge on any atom is 0.433 e. The van der Waals surface area contributed by atoms with Gasteiger partial charge in [-0.25, -0.2) is 18.3 Å². The number of hydrogen-bond acceptors (Lipinski definition) is 6. The Labute approximate surface area is 179 Å². The number of aromatic nitrogens is 3. The zero-order chi connectivity index (χ0) is 23.8. The van der Waals surface area contributed by atoms with Crippen molar-refractivity contribution in [1.82, 2.24) is 14.6 Å². The third-order valence-corrected chi connectivity index (χ3v) is 4.25. The highest BCUT2D eigenvalue weighted by Crippen LogP contribution is 2.33. The number of rotatable bonds is 6. The van der Waals surface area contributed by atoms with Crippen molar-refractivity contribution in [2.45, 2.75) is 19.5 Å². The van der Waals surface area contributed by atoms with Gasteiger partial charge in [0.25, 0.3) is 18.0 Å². The van der Waals surface area contributed by atoms with Gasteiger partial charge in [-0.3, -0.25) is 14.9 Å². The molecule has 15 heteroatoms. The minimum Gasteiger partial charge on any atom is -0.487 e. The first-order chi connectivity index (χ1) is 14.9. The van der Waals surface area contributed by atoms with Crippen LogP contribution in [0.3, 0.4) is 0 Å². The summed E-state index contributed by atoms with van der Waals surface area (Å²) >= 11 is 6.02. The molecule has 0 fully saturated rings. The smallest absolute Gasteiger partial charge is 0.433 e. The predicted molar refractivity (Wildman–Crippen MR) is 100 cm³/mol. The number of benzene rings is 1. The van der Waals surface area contributed by atoms with Crippen molar-refractivity contribution in [3.05, 3.63) is 56.5 Å². The number of carbonyl (C=O) groups is 1. The van der Waals surface area contributed by atoms with E-state index in [2.05, 4.69) is 15.4 Å². The number of nitro groups is 1. The van der Waals surface area contributed by atoms with Crippen molar-refractivity contribution in [1.29, 1.82) is 0 Å². The number of alkyl halides is 5. The van der Waals surface area contributed by atoms with Crippen molar-refractivity contribution in [2.24, 2.45) is 0 Å². The molecule has 0 aliphatic carbocycles. The van der Waals surface area contributed by atoms with Crippen LogP contribution in [0.2, 0.25) is 5.02 Å². The maximum absolute atomic E-state index is 13.3. The standard InChI is InChI=1S/C17H11ClF5N5O4/c1-7-2-11(17(21,22)23)27-15(24-7)13(18)14(26-27)16(29)25-8-3-9(28(30)31)5-10(4-8)32-6-12(19)20/h2-5,12H,6H2,1H3,(H,25,29). The van der Waals surface area contributed by atoms with Gasteiger partial charge in [0.15, 0.2) is 11.3 Å². The van der Waals surface area contributed by atoms with E-state index in [1.807, 2.05) is 0 Å². The van der Waals surface area contributed by atoms with E-state index in [9.17, 15) is 36.9 Å². The Kier molecular flexibility index (Phi) is 6.16. The minimum atomic E-state index is -4.83. The minimum absolute atomic E-state index is 0.0295. The summed E-state index contributed by atoms with van der Waals surface area (Å²) in [5, 5.41) is 16.3. The normalized spacial score (nSPS) is 11.8. The van der Waals surface area contributed by atoms with E-state index >= 15 is 0 Å². The van der Waals surface area contributed by atoms with Gasteiger partial charge in [-0.2, -0.15) is 18.3 Å². The molecule has 32 heavy (non-hydrogen) atoms. The molecule has 0 saturated carbocycles. The number of nitrogens with one attached hydrogen (secondary N) is 1. The fourth-order valence-electron chi connectivity index (χ4n) is 2.65. The number of hydrogen-bond donors (Lipinski definition) is 1. The number of ether oxygens (including phenoxy) is 1. The Bertz CT molecular complexity index is 1210. The number of nitro benzene ring substituents is 1. The lowest BCUT2D eigenvalue weighted by Crippen LogP contribution is -2.16. The first kappa shape index (κ1) is 23.1. The first-order valence-electron chi connectivity index (χ1n) is 8.51. The second-order valence-electron chi connectivity index (χ2n) is 6.31. The molecule has 2 heterocycles. The van der Waals surface area contributed by atoms with Crippen LogP contribution in [0.5, 0.6) is 5.75 Å². The van der Waals surface area contributed by atoms with Crippen LogP contribution in [0.15, 0.2) is 24.3 Å². The highest BCUT2D eigenvalue weighted by Gasteiger charge is 2.36. The van der Waals surface area contributed by atoms with Gasteiger partial charge in [0.1, 0.15) is 23.1 Å². The largest absolute Gasteiger partial charge is 0.487 e. The lowest BCUT2D eigenvalue weighted by atomic mass is 10.2. The molecule has 2 aromatic heterocycles. The second kappa shape index (κ2) is 8.53. The Morgan fingerprint density at radius 2 is 2.00 bits per heavy atom. The molecule has 1 aromatic carbocycles. The number of anilines is 1. The third kappa shape index (κ3) is 4.85. The number of aryl methyl sites for hydroxylation is 1. The average molecular weight is 480 g/mol. The van der Waals surface area contributed by atoms with Crippen molar-refractivity contribution in [2.75, 3.05) is 11.9 Å². The Morgan fingerprint density at radius 3 is 2.59 bits per heavy atom. The van der Waals surface area contributed by atoms with Crippen LogP contribution in [-0.4, -0.2) is 38.5 Å². The van der Waals surface area contributed by atoms with Crippen molar-refractivity contribution < 1.29 is 36.4 Å². The summed E-state index contributed by atoms with van der Waals surface area (Å²) in [6.45, 7) is 0.237. The number of amides is 1. The van der Waals surface area contributed by atoms with Crippen LogP contribution < -0.4 is 10.1 Å². The van der Waals surface area contributed by atoms with Crippen molar-refractivity contribution in [3.8, 4) is 5.75 Å². The van der Waals surface area contributed by atoms with Gasteiger partial charge in [-0.15, -0.1) is 0 Å². The SMILES string of the molecule is Cc1cc(C(F)(F)F)n2nc(C(=O)Nc3cc(OCC(F)F)cc([N+](=O)[O-])c3)c(Cl)c2n1. The van der Waals surface area contributed by atoms with Gasteiger partial charge >= 0.3 is 6.18 Å². The summed E-state index contributed by atoms with van der Waals surface area (Å²) in [7, 11) is 0.